The van der Waals surface area contributed by atoms with Crippen LogP contribution in [0, 0.1) is 0 Å². The molecule has 1 aromatic heterocycles. The Morgan fingerprint density at radius 3 is 2.71 bits per heavy atom. The van der Waals surface area contributed by atoms with Gasteiger partial charge in [0.05, 0.1) is 11.2 Å². The van der Waals surface area contributed by atoms with Crippen molar-refractivity contribution in [2.45, 2.75) is 19.4 Å². The number of aromatic nitrogens is 1. The van der Waals surface area contributed by atoms with Gasteiger partial charge in [0.1, 0.15) is 4.60 Å². The number of nitrogens with zero attached hydrogens (tertiary/aromatic N) is 1. The Morgan fingerprint density at radius 1 is 1.57 bits per heavy atom. The molecule has 0 fully saturated rings. The fraction of sp³-hybridized carbons (Fsp3) is 0.333. The third kappa shape index (κ3) is 2.70. The van der Waals surface area contributed by atoms with Crippen LogP contribution in [0.3, 0.4) is 0 Å². The minimum Gasteiger partial charge on any atom is -0.465 e. The maximum absolute atomic E-state index is 10.5. The lowest BCUT2D eigenvalue weighted by atomic mass is 10.0. The predicted molar refractivity (Wildman–Crippen MR) is 56.1 cm³/mol. The van der Waals surface area contributed by atoms with Crippen LogP contribution in [-0.2, 0) is 5.54 Å². The van der Waals surface area contributed by atoms with Crippen LogP contribution >= 0.6 is 15.9 Å². The molecule has 0 aromatic carbocycles. The van der Waals surface area contributed by atoms with Crippen LogP contribution in [0.1, 0.15) is 19.5 Å². The Kier molecular flexibility index (Phi) is 3.10. The zero-order chi connectivity index (χ0) is 10.8. The minimum absolute atomic E-state index is 0.675. The van der Waals surface area contributed by atoms with Crippen molar-refractivity contribution in [3.8, 4) is 0 Å². The molecular weight excluding hydrogens is 248 g/mol. The van der Waals surface area contributed by atoms with E-state index in [4.69, 9.17) is 5.11 Å². The number of pyridine rings is 1. The molecule has 0 atom stereocenters. The molecule has 0 spiro atoms. The van der Waals surface area contributed by atoms with E-state index in [9.17, 15) is 4.79 Å². The summed E-state index contributed by atoms with van der Waals surface area (Å²) in [4.78, 5) is 14.7. The van der Waals surface area contributed by atoms with Crippen molar-refractivity contribution >= 4 is 22.0 Å². The van der Waals surface area contributed by atoms with Gasteiger partial charge in [0.2, 0.25) is 0 Å². The van der Waals surface area contributed by atoms with Crippen LogP contribution in [0.4, 0.5) is 4.79 Å². The van der Waals surface area contributed by atoms with Crippen LogP contribution in [0.2, 0.25) is 0 Å². The summed E-state index contributed by atoms with van der Waals surface area (Å²) in [5, 5.41) is 11.0. The molecule has 0 unspecified atom stereocenters. The Morgan fingerprint density at radius 2 is 2.21 bits per heavy atom. The normalized spacial score (nSPS) is 11.1. The summed E-state index contributed by atoms with van der Waals surface area (Å²) in [7, 11) is 0. The van der Waals surface area contributed by atoms with Crippen molar-refractivity contribution in [2.75, 3.05) is 0 Å². The van der Waals surface area contributed by atoms with E-state index in [-0.39, 0.29) is 0 Å². The molecule has 0 saturated carbocycles. The lowest BCUT2D eigenvalue weighted by Gasteiger charge is -2.23. The summed E-state index contributed by atoms with van der Waals surface area (Å²) in [5.41, 5.74) is -0.00965. The monoisotopic (exact) mass is 258 g/mol. The summed E-state index contributed by atoms with van der Waals surface area (Å²) in [6.07, 6.45) is -1.06. The summed E-state index contributed by atoms with van der Waals surface area (Å²) in [6, 6.07) is 5.39. The topological polar surface area (TPSA) is 62.2 Å². The Hall–Kier alpha value is -1.10. The lowest BCUT2D eigenvalue weighted by molar-refractivity contribution is 0.181. The van der Waals surface area contributed by atoms with Crippen molar-refractivity contribution in [2.24, 2.45) is 0 Å². The van der Waals surface area contributed by atoms with Crippen molar-refractivity contribution in [1.82, 2.24) is 10.3 Å². The summed E-state index contributed by atoms with van der Waals surface area (Å²) < 4.78 is 0.690. The fourth-order valence-electron chi connectivity index (χ4n) is 1.09. The van der Waals surface area contributed by atoms with Gasteiger partial charge in [-0.25, -0.2) is 9.78 Å². The van der Waals surface area contributed by atoms with E-state index in [2.05, 4.69) is 26.2 Å². The predicted octanol–water partition coefficient (Wildman–Crippen LogP) is 2.35. The number of hydrogen-bond donors (Lipinski definition) is 2. The number of hydrogen-bond acceptors (Lipinski definition) is 2. The van der Waals surface area contributed by atoms with Gasteiger partial charge in [-0.3, -0.25) is 0 Å². The molecule has 1 amide bonds. The van der Waals surface area contributed by atoms with Crippen LogP contribution < -0.4 is 5.32 Å². The highest BCUT2D eigenvalue weighted by molar-refractivity contribution is 9.10. The van der Waals surface area contributed by atoms with Crippen molar-refractivity contribution in [1.29, 1.82) is 0 Å². The molecule has 0 radical (unpaired) electrons. The van der Waals surface area contributed by atoms with Gasteiger partial charge in [0.25, 0.3) is 0 Å². The maximum Gasteiger partial charge on any atom is 0.405 e. The van der Waals surface area contributed by atoms with Gasteiger partial charge < -0.3 is 10.4 Å². The molecule has 4 nitrogen and oxygen atoms in total. The van der Waals surface area contributed by atoms with Gasteiger partial charge in [0, 0.05) is 0 Å². The molecule has 1 heterocycles. The molecule has 14 heavy (non-hydrogen) atoms. The molecular formula is C9H11BrN2O2. The van der Waals surface area contributed by atoms with Crippen molar-refractivity contribution < 1.29 is 9.90 Å². The van der Waals surface area contributed by atoms with Crippen molar-refractivity contribution in [3.05, 3.63) is 28.5 Å². The molecule has 0 bridgehead atoms. The van der Waals surface area contributed by atoms with Gasteiger partial charge in [0.15, 0.2) is 0 Å². The summed E-state index contributed by atoms with van der Waals surface area (Å²) in [6.45, 7) is 3.52. The van der Waals surface area contributed by atoms with Crippen molar-refractivity contribution in [3.63, 3.8) is 0 Å². The van der Waals surface area contributed by atoms with E-state index in [1.165, 1.54) is 0 Å². The van der Waals surface area contributed by atoms with Gasteiger partial charge in [-0.2, -0.15) is 0 Å². The third-order valence-corrected chi connectivity index (χ3v) is 2.22. The summed E-state index contributed by atoms with van der Waals surface area (Å²) in [5.74, 6) is 0. The Bertz CT molecular complexity index is 352. The maximum atomic E-state index is 10.5. The molecule has 0 aliphatic rings. The van der Waals surface area contributed by atoms with E-state index >= 15 is 0 Å². The van der Waals surface area contributed by atoms with E-state index in [0.717, 1.165) is 0 Å². The second-order valence-corrected chi connectivity index (χ2v) is 4.21. The minimum atomic E-state index is -1.06. The van der Waals surface area contributed by atoms with E-state index in [1.807, 2.05) is 6.07 Å². The number of rotatable bonds is 2. The summed E-state index contributed by atoms with van der Waals surface area (Å²) >= 11 is 3.23. The van der Waals surface area contributed by atoms with Gasteiger partial charge in [-0.05, 0) is 41.9 Å². The van der Waals surface area contributed by atoms with Crippen LogP contribution in [0.25, 0.3) is 0 Å². The first kappa shape index (κ1) is 11.0. The molecule has 0 aliphatic heterocycles. The Balaban J connectivity index is 2.97. The fourth-order valence-corrected chi connectivity index (χ4v) is 1.43. The number of amides is 1. The molecule has 1 aromatic rings. The standard InChI is InChI=1S/C9H11BrN2O2/c1-9(2,12-8(13)14)6-4-3-5-7(10)11-6/h3-5,12H,1-2H3,(H,13,14). The second kappa shape index (κ2) is 3.96. The smallest absolute Gasteiger partial charge is 0.405 e. The van der Waals surface area contributed by atoms with Crippen LogP contribution in [0.15, 0.2) is 22.8 Å². The Labute approximate surface area is 90.5 Å². The van der Waals surface area contributed by atoms with Gasteiger partial charge >= 0.3 is 6.09 Å². The highest BCUT2D eigenvalue weighted by atomic mass is 79.9. The number of halogens is 1. The molecule has 1 rings (SSSR count). The molecule has 0 saturated heterocycles. The van der Waals surface area contributed by atoms with E-state index in [0.29, 0.717) is 10.3 Å². The molecule has 2 N–H and O–H groups in total. The highest BCUT2D eigenvalue weighted by Crippen LogP contribution is 2.19. The zero-order valence-corrected chi connectivity index (χ0v) is 9.50. The van der Waals surface area contributed by atoms with Crippen LogP contribution in [-0.4, -0.2) is 16.2 Å². The third-order valence-electron chi connectivity index (χ3n) is 1.77. The zero-order valence-electron chi connectivity index (χ0n) is 7.91. The largest absolute Gasteiger partial charge is 0.465 e. The highest BCUT2D eigenvalue weighted by Gasteiger charge is 2.23. The van der Waals surface area contributed by atoms with Crippen LogP contribution in [0.5, 0.6) is 0 Å². The van der Waals surface area contributed by atoms with Gasteiger partial charge in [-0.1, -0.05) is 6.07 Å². The molecule has 76 valence electrons. The number of carboxylic acid groups (broad SMARTS) is 1. The first-order valence-electron chi connectivity index (χ1n) is 4.06. The second-order valence-electron chi connectivity index (χ2n) is 3.40. The quantitative estimate of drug-likeness (QED) is 0.801. The number of carbonyl (C=O) groups is 1. The average Bonchev–Trinajstić information content (AvgIpc) is 2.01. The first-order chi connectivity index (χ1) is 6.42. The molecule has 5 heteroatoms. The average molecular weight is 259 g/mol. The van der Waals surface area contributed by atoms with E-state index < -0.39 is 11.6 Å². The lowest BCUT2D eigenvalue weighted by Crippen LogP contribution is -2.40. The molecule has 0 aliphatic carbocycles. The van der Waals surface area contributed by atoms with E-state index in [1.54, 1.807) is 26.0 Å². The number of nitrogens with one attached hydrogen (secondary N) is 1. The SMILES string of the molecule is CC(C)(NC(=O)O)c1cccc(Br)n1. The first-order valence-corrected chi connectivity index (χ1v) is 4.85. The van der Waals surface area contributed by atoms with Gasteiger partial charge in [-0.15, -0.1) is 0 Å².